The van der Waals surface area contributed by atoms with Gasteiger partial charge in [-0.1, -0.05) is 6.07 Å². The van der Waals surface area contributed by atoms with Gasteiger partial charge in [0.1, 0.15) is 0 Å². The predicted octanol–water partition coefficient (Wildman–Crippen LogP) is 2.24. The number of aryl methyl sites for hydroxylation is 1. The number of carbonyl (C=O) groups excluding carboxylic acids is 2. The Hall–Kier alpha value is -3.03. The number of hydrogen-bond donors (Lipinski definition) is 2. The third-order valence-corrected chi connectivity index (χ3v) is 3.77. The highest BCUT2D eigenvalue weighted by molar-refractivity contribution is 6.02. The molecule has 0 saturated heterocycles. The Balaban J connectivity index is 2.15. The summed E-state index contributed by atoms with van der Waals surface area (Å²) in [6.45, 7) is 7.32. The lowest BCUT2D eigenvalue weighted by Crippen LogP contribution is -2.22. The van der Waals surface area contributed by atoms with Crippen molar-refractivity contribution in [2.75, 3.05) is 25.6 Å². The maximum absolute atomic E-state index is 12.5. The topological polar surface area (TPSA) is 94.5 Å². The van der Waals surface area contributed by atoms with Gasteiger partial charge in [-0.25, -0.2) is 0 Å². The first-order chi connectivity index (χ1) is 13.0. The Morgan fingerprint density at radius 3 is 2.44 bits per heavy atom. The monoisotopic (exact) mass is 374 g/mol. The van der Waals surface area contributed by atoms with E-state index in [1.807, 2.05) is 26.8 Å². The highest BCUT2D eigenvalue weighted by Crippen LogP contribution is 2.29. The van der Waals surface area contributed by atoms with Crippen LogP contribution in [0, 0.1) is 0 Å². The highest BCUT2D eigenvalue weighted by Gasteiger charge is 2.18. The third-order valence-electron chi connectivity index (χ3n) is 3.77. The van der Waals surface area contributed by atoms with Crippen molar-refractivity contribution in [2.24, 2.45) is 0 Å². The lowest BCUT2D eigenvalue weighted by atomic mass is 10.1. The van der Waals surface area contributed by atoms with Crippen molar-refractivity contribution in [3.8, 4) is 11.5 Å². The van der Waals surface area contributed by atoms with E-state index in [9.17, 15) is 9.59 Å². The van der Waals surface area contributed by atoms with Gasteiger partial charge in [0.05, 0.1) is 25.3 Å². The van der Waals surface area contributed by atoms with Gasteiger partial charge in [0.25, 0.3) is 5.91 Å². The lowest BCUT2D eigenvalue weighted by molar-refractivity contribution is -0.115. The Morgan fingerprint density at radius 2 is 1.81 bits per heavy atom. The van der Waals surface area contributed by atoms with Gasteiger partial charge in [0.2, 0.25) is 5.91 Å². The fourth-order valence-electron chi connectivity index (χ4n) is 2.55. The van der Waals surface area contributed by atoms with E-state index in [2.05, 4.69) is 15.7 Å². The molecule has 0 unspecified atom stereocenters. The average molecular weight is 374 g/mol. The van der Waals surface area contributed by atoms with Gasteiger partial charge in [-0.05, 0) is 38.5 Å². The summed E-state index contributed by atoms with van der Waals surface area (Å²) in [4.78, 5) is 24.4. The first-order valence-electron chi connectivity index (χ1n) is 9.00. The molecular formula is C19H26N4O4. The number of nitrogens with one attached hydrogen (secondary N) is 2. The lowest BCUT2D eigenvalue weighted by Gasteiger charge is -2.12. The SMILES string of the molecule is CCOc1ccc(CC(=O)Nc2cn(CC)nc2C(=O)NC)cc1OCC. The summed E-state index contributed by atoms with van der Waals surface area (Å²) >= 11 is 0. The molecule has 2 rings (SSSR count). The molecule has 0 aliphatic heterocycles. The second-order valence-electron chi connectivity index (χ2n) is 5.70. The maximum atomic E-state index is 12.5. The van der Waals surface area contributed by atoms with E-state index in [4.69, 9.17) is 9.47 Å². The molecule has 1 aromatic carbocycles. The minimum atomic E-state index is -0.350. The van der Waals surface area contributed by atoms with Crippen molar-refractivity contribution in [3.05, 3.63) is 35.7 Å². The van der Waals surface area contributed by atoms with Crippen LogP contribution < -0.4 is 20.1 Å². The molecule has 8 nitrogen and oxygen atoms in total. The summed E-state index contributed by atoms with van der Waals surface area (Å²) in [7, 11) is 1.52. The molecular weight excluding hydrogens is 348 g/mol. The largest absolute Gasteiger partial charge is 0.490 e. The molecule has 0 aliphatic carbocycles. The smallest absolute Gasteiger partial charge is 0.273 e. The molecule has 2 amide bonds. The standard InChI is InChI=1S/C19H26N4O4/c1-5-23-12-14(18(22-23)19(25)20-4)21-17(24)11-13-8-9-15(26-6-2)16(10-13)27-7-3/h8-10,12H,5-7,11H2,1-4H3,(H,20,25)(H,21,24). The van der Waals surface area contributed by atoms with E-state index in [1.54, 1.807) is 23.0 Å². The van der Waals surface area contributed by atoms with Crippen LogP contribution in [0.3, 0.4) is 0 Å². The minimum absolute atomic E-state index is 0.136. The molecule has 0 fully saturated rings. The van der Waals surface area contributed by atoms with E-state index >= 15 is 0 Å². The summed E-state index contributed by atoms with van der Waals surface area (Å²) in [5.74, 6) is 0.656. The van der Waals surface area contributed by atoms with Crippen LogP contribution in [0.1, 0.15) is 36.8 Å². The molecule has 0 spiro atoms. The number of aromatic nitrogens is 2. The number of nitrogens with zero attached hydrogens (tertiary/aromatic N) is 2. The van der Waals surface area contributed by atoms with Crippen molar-refractivity contribution < 1.29 is 19.1 Å². The van der Waals surface area contributed by atoms with Crippen LogP contribution in [-0.4, -0.2) is 41.9 Å². The fraction of sp³-hybridized carbons (Fsp3) is 0.421. The second-order valence-corrected chi connectivity index (χ2v) is 5.70. The summed E-state index contributed by atoms with van der Waals surface area (Å²) < 4.78 is 12.7. The second kappa shape index (κ2) is 9.61. The minimum Gasteiger partial charge on any atom is -0.490 e. The molecule has 0 atom stereocenters. The maximum Gasteiger partial charge on any atom is 0.273 e. The molecule has 2 N–H and O–H groups in total. The van der Waals surface area contributed by atoms with Gasteiger partial charge in [0, 0.05) is 19.8 Å². The Bertz CT molecular complexity index is 801. The number of rotatable bonds is 9. The van der Waals surface area contributed by atoms with Gasteiger partial charge in [-0.3, -0.25) is 14.3 Å². The van der Waals surface area contributed by atoms with Crippen molar-refractivity contribution in [2.45, 2.75) is 33.7 Å². The predicted molar refractivity (Wildman–Crippen MR) is 102 cm³/mol. The Kier molecular flexibility index (Phi) is 7.22. The average Bonchev–Trinajstić information content (AvgIpc) is 3.06. The van der Waals surface area contributed by atoms with Crippen molar-refractivity contribution in [3.63, 3.8) is 0 Å². The first-order valence-corrected chi connectivity index (χ1v) is 9.00. The van der Waals surface area contributed by atoms with E-state index in [1.165, 1.54) is 7.05 Å². The number of amides is 2. The van der Waals surface area contributed by atoms with E-state index in [0.29, 0.717) is 36.9 Å². The zero-order valence-corrected chi connectivity index (χ0v) is 16.2. The van der Waals surface area contributed by atoms with Crippen LogP contribution in [0.2, 0.25) is 0 Å². The molecule has 0 bridgehead atoms. The molecule has 8 heteroatoms. The normalized spacial score (nSPS) is 10.4. The number of ether oxygens (including phenoxy) is 2. The molecule has 146 valence electrons. The van der Waals surface area contributed by atoms with Crippen molar-refractivity contribution >= 4 is 17.5 Å². The summed E-state index contributed by atoms with van der Waals surface area (Å²) in [6, 6.07) is 5.41. The van der Waals surface area contributed by atoms with Crippen molar-refractivity contribution in [1.29, 1.82) is 0 Å². The molecule has 0 saturated carbocycles. The van der Waals surface area contributed by atoms with Gasteiger partial charge in [0.15, 0.2) is 17.2 Å². The Morgan fingerprint density at radius 1 is 1.11 bits per heavy atom. The van der Waals surface area contributed by atoms with Crippen LogP contribution in [0.25, 0.3) is 0 Å². The van der Waals surface area contributed by atoms with Gasteiger partial charge >= 0.3 is 0 Å². The van der Waals surface area contributed by atoms with Crippen LogP contribution >= 0.6 is 0 Å². The van der Waals surface area contributed by atoms with E-state index in [0.717, 1.165) is 5.56 Å². The fourth-order valence-corrected chi connectivity index (χ4v) is 2.55. The first kappa shape index (κ1) is 20.3. The third kappa shape index (κ3) is 5.22. The molecule has 0 aliphatic rings. The van der Waals surface area contributed by atoms with Crippen LogP contribution in [0.5, 0.6) is 11.5 Å². The van der Waals surface area contributed by atoms with Gasteiger partial charge < -0.3 is 20.1 Å². The van der Waals surface area contributed by atoms with E-state index < -0.39 is 0 Å². The number of benzene rings is 1. The zero-order chi connectivity index (χ0) is 19.8. The van der Waals surface area contributed by atoms with Crippen LogP contribution in [0.15, 0.2) is 24.4 Å². The highest BCUT2D eigenvalue weighted by atomic mass is 16.5. The number of anilines is 1. The van der Waals surface area contributed by atoms with E-state index in [-0.39, 0.29) is 23.9 Å². The Labute approximate surface area is 158 Å². The summed E-state index contributed by atoms with van der Waals surface area (Å²) in [6.07, 6.45) is 1.78. The number of carbonyl (C=O) groups is 2. The van der Waals surface area contributed by atoms with Gasteiger partial charge in [-0.2, -0.15) is 5.10 Å². The summed E-state index contributed by atoms with van der Waals surface area (Å²) in [5, 5.41) is 9.47. The quantitative estimate of drug-likeness (QED) is 0.702. The summed E-state index contributed by atoms with van der Waals surface area (Å²) in [5.41, 5.74) is 1.36. The van der Waals surface area contributed by atoms with Gasteiger partial charge in [-0.15, -0.1) is 0 Å². The number of hydrogen-bond acceptors (Lipinski definition) is 5. The zero-order valence-electron chi connectivity index (χ0n) is 16.2. The van der Waals surface area contributed by atoms with Crippen molar-refractivity contribution in [1.82, 2.24) is 15.1 Å². The van der Waals surface area contributed by atoms with Crippen LogP contribution in [-0.2, 0) is 17.8 Å². The molecule has 0 radical (unpaired) electrons. The molecule has 27 heavy (non-hydrogen) atoms. The van der Waals surface area contributed by atoms with Crippen LogP contribution in [0.4, 0.5) is 5.69 Å². The molecule has 1 aromatic heterocycles. The molecule has 1 heterocycles. The molecule has 2 aromatic rings.